The van der Waals surface area contributed by atoms with Crippen LogP contribution in [0.15, 0.2) is 18.2 Å². The number of carbonyl (C=O) groups is 2. The molecule has 4 N–H and O–H groups in total. The largest absolute Gasteiger partial charge is 0.504 e. The number of thiol groups is 1. The van der Waals surface area contributed by atoms with Crippen molar-refractivity contribution in [1.29, 1.82) is 0 Å². The second-order valence-electron chi connectivity index (χ2n) is 3.80. The van der Waals surface area contributed by atoms with Crippen LogP contribution in [0, 0.1) is 0 Å². The Morgan fingerprint density at radius 3 is 2.35 bits per heavy atom. The maximum atomic E-state index is 11.7. The van der Waals surface area contributed by atoms with E-state index in [2.05, 4.69) is 23.3 Å². The van der Waals surface area contributed by atoms with Crippen LogP contribution in [0.3, 0.4) is 0 Å². The van der Waals surface area contributed by atoms with Crippen molar-refractivity contribution in [2.45, 2.75) is 0 Å². The van der Waals surface area contributed by atoms with Gasteiger partial charge in [0.25, 0.3) is 11.1 Å². The van der Waals surface area contributed by atoms with Crippen molar-refractivity contribution in [2.24, 2.45) is 0 Å². The molecule has 0 unspecified atom stereocenters. The number of aromatic hydroxyl groups is 2. The third-order valence-electron chi connectivity index (χ3n) is 2.29. The lowest BCUT2D eigenvalue weighted by Gasteiger charge is -2.07. The summed E-state index contributed by atoms with van der Waals surface area (Å²) >= 11 is 3.52. The first-order chi connectivity index (χ1) is 9.50. The molecule has 0 saturated carbocycles. The van der Waals surface area contributed by atoms with Crippen molar-refractivity contribution < 1.29 is 24.5 Å². The summed E-state index contributed by atoms with van der Waals surface area (Å²) in [5.74, 6) is -1.01. The number of nitrogens with one attached hydrogen (secondary N) is 2. The number of amides is 2. The number of rotatable bonds is 7. The summed E-state index contributed by atoms with van der Waals surface area (Å²) < 4.78 is 5.16. The molecule has 1 aromatic carbocycles. The van der Waals surface area contributed by atoms with Crippen molar-refractivity contribution in [1.82, 2.24) is 10.6 Å². The SMILES string of the molecule is O=C(S)NCCOCCNC(=O)c1ccc(O)c(O)c1. The molecule has 0 aromatic heterocycles. The van der Waals surface area contributed by atoms with Gasteiger partial charge in [-0.15, -0.1) is 0 Å². The van der Waals surface area contributed by atoms with E-state index in [1.165, 1.54) is 18.2 Å². The third-order valence-corrected chi connectivity index (χ3v) is 2.45. The molecule has 0 bridgehead atoms. The number of hydrogen-bond acceptors (Lipinski definition) is 5. The quantitative estimate of drug-likeness (QED) is 0.286. The fourth-order valence-electron chi connectivity index (χ4n) is 1.34. The van der Waals surface area contributed by atoms with Crippen LogP contribution in [0.2, 0.25) is 0 Å². The van der Waals surface area contributed by atoms with Gasteiger partial charge in [-0.2, -0.15) is 0 Å². The Labute approximate surface area is 121 Å². The van der Waals surface area contributed by atoms with Gasteiger partial charge in [0.15, 0.2) is 11.5 Å². The molecule has 1 rings (SSSR count). The minimum absolute atomic E-state index is 0.239. The zero-order chi connectivity index (χ0) is 15.0. The zero-order valence-electron chi connectivity index (χ0n) is 10.6. The zero-order valence-corrected chi connectivity index (χ0v) is 11.5. The molecule has 0 aliphatic carbocycles. The average molecular weight is 300 g/mol. The van der Waals surface area contributed by atoms with E-state index >= 15 is 0 Å². The van der Waals surface area contributed by atoms with E-state index < -0.39 is 5.24 Å². The van der Waals surface area contributed by atoms with Crippen molar-refractivity contribution in [2.75, 3.05) is 26.3 Å². The van der Waals surface area contributed by atoms with Crippen molar-refractivity contribution in [3.63, 3.8) is 0 Å². The van der Waals surface area contributed by atoms with E-state index in [1.54, 1.807) is 0 Å². The molecule has 0 heterocycles. The molecule has 0 radical (unpaired) electrons. The summed E-state index contributed by atoms with van der Waals surface area (Å²) in [6.45, 7) is 1.25. The number of ether oxygens (including phenoxy) is 1. The minimum atomic E-state index is -0.422. The van der Waals surface area contributed by atoms with Gasteiger partial charge in [-0.25, -0.2) is 0 Å². The molecular formula is C12H16N2O5S. The first-order valence-electron chi connectivity index (χ1n) is 5.85. The Balaban J connectivity index is 2.20. The molecule has 0 spiro atoms. The van der Waals surface area contributed by atoms with Gasteiger partial charge in [0, 0.05) is 18.7 Å². The molecular weight excluding hydrogens is 284 g/mol. The highest BCUT2D eigenvalue weighted by molar-refractivity contribution is 7.96. The van der Waals surface area contributed by atoms with E-state index in [0.717, 1.165) is 0 Å². The summed E-state index contributed by atoms with van der Waals surface area (Å²) in [6, 6.07) is 3.81. The molecule has 110 valence electrons. The van der Waals surface area contributed by atoms with Gasteiger partial charge in [0.1, 0.15) is 0 Å². The molecule has 20 heavy (non-hydrogen) atoms. The van der Waals surface area contributed by atoms with Crippen molar-refractivity contribution in [3.05, 3.63) is 23.8 Å². The monoisotopic (exact) mass is 300 g/mol. The summed E-state index contributed by atoms with van der Waals surface area (Å²) in [5.41, 5.74) is 0.239. The van der Waals surface area contributed by atoms with Crippen LogP contribution in [0.1, 0.15) is 10.4 Å². The molecule has 0 atom stereocenters. The fraction of sp³-hybridized carbons (Fsp3) is 0.333. The minimum Gasteiger partial charge on any atom is -0.504 e. The first kappa shape index (κ1) is 16.1. The van der Waals surface area contributed by atoms with Gasteiger partial charge >= 0.3 is 0 Å². The maximum absolute atomic E-state index is 11.7. The lowest BCUT2D eigenvalue weighted by molar-refractivity contribution is 0.0917. The fourth-order valence-corrected chi connectivity index (χ4v) is 1.45. The Bertz CT molecular complexity index is 481. The summed E-state index contributed by atoms with van der Waals surface area (Å²) in [7, 11) is 0. The van der Waals surface area contributed by atoms with Gasteiger partial charge in [-0.05, 0) is 18.2 Å². The van der Waals surface area contributed by atoms with Gasteiger partial charge in [-0.1, -0.05) is 12.6 Å². The van der Waals surface area contributed by atoms with E-state index in [1.807, 2.05) is 0 Å². The standard InChI is InChI=1S/C12H16N2O5S/c15-9-2-1-8(7-10(9)16)11(17)13-3-5-19-6-4-14-12(18)20/h1-2,7,15-16H,3-6H2,(H,13,17)(H2,14,18,20). The van der Waals surface area contributed by atoms with E-state index in [-0.39, 0.29) is 36.1 Å². The van der Waals surface area contributed by atoms with Crippen LogP contribution in [0.4, 0.5) is 4.79 Å². The van der Waals surface area contributed by atoms with Crippen LogP contribution < -0.4 is 10.6 Å². The van der Waals surface area contributed by atoms with Crippen LogP contribution in [0.25, 0.3) is 0 Å². The van der Waals surface area contributed by atoms with E-state index in [9.17, 15) is 14.7 Å². The Morgan fingerprint density at radius 1 is 1.10 bits per heavy atom. The van der Waals surface area contributed by atoms with Gasteiger partial charge in [0.2, 0.25) is 0 Å². The highest BCUT2D eigenvalue weighted by atomic mass is 32.1. The van der Waals surface area contributed by atoms with Crippen LogP contribution in [0.5, 0.6) is 11.5 Å². The van der Waals surface area contributed by atoms with E-state index in [4.69, 9.17) is 9.84 Å². The Kier molecular flexibility index (Phi) is 6.68. The lowest BCUT2D eigenvalue weighted by Crippen LogP contribution is -2.28. The number of hydrogen-bond donors (Lipinski definition) is 5. The molecule has 7 nitrogen and oxygen atoms in total. The maximum Gasteiger partial charge on any atom is 0.276 e. The predicted molar refractivity (Wildman–Crippen MR) is 75.3 cm³/mol. The first-order valence-corrected chi connectivity index (χ1v) is 6.30. The second kappa shape index (κ2) is 8.28. The van der Waals surface area contributed by atoms with Gasteiger partial charge < -0.3 is 25.6 Å². The topological polar surface area (TPSA) is 108 Å². The number of phenolic OH excluding ortho intramolecular Hbond substituents is 2. The van der Waals surface area contributed by atoms with Gasteiger partial charge in [-0.3, -0.25) is 9.59 Å². The predicted octanol–water partition coefficient (Wildman–Crippen LogP) is 0.484. The second-order valence-corrected chi connectivity index (χ2v) is 4.21. The number of carbonyl (C=O) groups excluding carboxylic acids is 2. The number of phenols is 2. The lowest BCUT2D eigenvalue weighted by atomic mass is 10.2. The van der Waals surface area contributed by atoms with Crippen LogP contribution in [-0.2, 0) is 4.74 Å². The molecule has 0 fully saturated rings. The Hall–Kier alpha value is -1.93. The van der Waals surface area contributed by atoms with Crippen LogP contribution >= 0.6 is 12.6 Å². The molecule has 0 aliphatic heterocycles. The molecule has 8 heteroatoms. The highest BCUT2D eigenvalue weighted by Crippen LogP contribution is 2.24. The third kappa shape index (κ3) is 5.81. The molecule has 2 amide bonds. The summed E-state index contributed by atoms with van der Waals surface area (Å²) in [4.78, 5) is 22.1. The van der Waals surface area contributed by atoms with Crippen molar-refractivity contribution >= 4 is 23.8 Å². The normalized spacial score (nSPS) is 10.1. The Morgan fingerprint density at radius 2 is 1.75 bits per heavy atom. The summed E-state index contributed by atoms with van der Waals surface area (Å²) in [6.07, 6.45) is 0. The van der Waals surface area contributed by atoms with E-state index in [0.29, 0.717) is 13.2 Å². The smallest absolute Gasteiger partial charge is 0.276 e. The van der Waals surface area contributed by atoms with Crippen LogP contribution in [-0.4, -0.2) is 47.7 Å². The molecule has 0 aliphatic rings. The van der Waals surface area contributed by atoms with Gasteiger partial charge in [0.05, 0.1) is 13.2 Å². The molecule has 1 aromatic rings. The molecule has 0 saturated heterocycles. The van der Waals surface area contributed by atoms with Crippen molar-refractivity contribution in [3.8, 4) is 11.5 Å². The average Bonchev–Trinajstić information content (AvgIpc) is 2.40. The highest BCUT2D eigenvalue weighted by Gasteiger charge is 2.07. The summed E-state index contributed by atoms with van der Waals surface area (Å²) in [5, 5.41) is 23.0. The number of benzene rings is 1.